The standard InChI is InChI=1S/C18H20ClNO4/c1-12(18(21)22)20-10-14-6-4-8-16(23-2)17(14)24-11-13-5-3-7-15(19)9-13/h3-9,12,20H,10-11H2,1-2H3,(H,21,22). The third-order valence-electron chi connectivity index (χ3n) is 3.52. The number of methoxy groups -OCH3 is 1. The molecular formula is C18H20ClNO4. The molecule has 6 heteroatoms. The summed E-state index contributed by atoms with van der Waals surface area (Å²) in [6, 6.07) is 12.3. The van der Waals surface area contributed by atoms with Crippen molar-refractivity contribution in [1.82, 2.24) is 5.32 Å². The Balaban J connectivity index is 2.15. The third kappa shape index (κ3) is 4.88. The Morgan fingerprint density at radius 2 is 2.04 bits per heavy atom. The fraction of sp³-hybridized carbons (Fsp3) is 0.278. The molecule has 0 aliphatic rings. The maximum Gasteiger partial charge on any atom is 0.320 e. The summed E-state index contributed by atoms with van der Waals surface area (Å²) < 4.78 is 11.3. The van der Waals surface area contributed by atoms with Crippen LogP contribution in [0.1, 0.15) is 18.1 Å². The van der Waals surface area contributed by atoms with E-state index in [0.717, 1.165) is 11.1 Å². The van der Waals surface area contributed by atoms with Crippen molar-refractivity contribution >= 4 is 17.6 Å². The predicted molar refractivity (Wildman–Crippen MR) is 92.7 cm³/mol. The first-order valence-corrected chi connectivity index (χ1v) is 7.88. The van der Waals surface area contributed by atoms with Gasteiger partial charge in [0.05, 0.1) is 7.11 Å². The van der Waals surface area contributed by atoms with Gasteiger partial charge in [0.25, 0.3) is 0 Å². The summed E-state index contributed by atoms with van der Waals surface area (Å²) in [4.78, 5) is 10.9. The van der Waals surface area contributed by atoms with E-state index in [1.807, 2.05) is 30.3 Å². The van der Waals surface area contributed by atoms with Crippen LogP contribution in [0.4, 0.5) is 0 Å². The molecule has 0 saturated carbocycles. The molecule has 128 valence electrons. The Morgan fingerprint density at radius 1 is 1.29 bits per heavy atom. The summed E-state index contributed by atoms with van der Waals surface area (Å²) >= 11 is 5.98. The molecule has 0 fully saturated rings. The molecule has 0 aliphatic carbocycles. The number of ether oxygens (including phenoxy) is 2. The van der Waals surface area contributed by atoms with Crippen LogP contribution in [0.5, 0.6) is 11.5 Å². The van der Waals surface area contributed by atoms with Crippen molar-refractivity contribution < 1.29 is 19.4 Å². The van der Waals surface area contributed by atoms with Gasteiger partial charge in [0.2, 0.25) is 0 Å². The van der Waals surface area contributed by atoms with Gasteiger partial charge in [-0.3, -0.25) is 4.79 Å². The summed E-state index contributed by atoms with van der Waals surface area (Å²) in [5, 5.41) is 12.6. The van der Waals surface area contributed by atoms with Gasteiger partial charge in [-0.15, -0.1) is 0 Å². The molecule has 2 aromatic rings. The highest BCUT2D eigenvalue weighted by molar-refractivity contribution is 6.30. The van der Waals surface area contributed by atoms with Gasteiger partial charge in [-0.1, -0.05) is 35.9 Å². The van der Waals surface area contributed by atoms with Crippen molar-refractivity contribution in [2.45, 2.75) is 26.1 Å². The third-order valence-corrected chi connectivity index (χ3v) is 3.76. The summed E-state index contributed by atoms with van der Waals surface area (Å²) in [7, 11) is 1.57. The van der Waals surface area contributed by atoms with Gasteiger partial charge in [-0.25, -0.2) is 0 Å². The van der Waals surface area contributed by atoms with Crippen molar-refractivity contribution in [3.05, 3.63) is 58.6 Å². The molecule has 2 rings (SSSR count). The Hall–Kier alpha value is -2.24. The number of rotatable bonds is 8. The number of hydrogen-bond donors (Lipinski definition) is 2. The lowest BCUT2D eigenvalue weighted by atomic mass is 10.1. The minimum absolute atomic E-state index is 0.336. The summed E-state index contributed by atoms with van der Waals surface area (Å²) in [5.74, 6) is 0.281. The first-order valence-electron chi connectivity index (χ1n) is 7.50. The van der Waals surface area contributed by atoms with E-state index in [4.69, 9.17) is 26.2 Å². The zero-order valence-electron chi connectivity index (χ0n) is 13.6. The molecule has 0 saturated heterocycles. The largest absolute Gasteiger partial charge is 0.493 e. The maximum atomic E-state index is 10.9. The lowest BCUT2D eigenvalue weighted by molar-refractivity contribution is -0.139. The molecular weight excluding hydrogens is 330 g/mol. The van der Waals surface area contributed by atoms with Gasteiger partial charge in [-0.2, -0.15) is 0 Å². The van der Waals surface area contributed by atoms with Crippen molar-refractivity contribution in [2.24, 2.45) is 0 Å². The monoisotopic (exact) mass is 349 g/mol. The predicted octanol–water partition coefficient (Wildman–Crippen LogP) is 3.49. The Bertz CT molecular complexity index is 705. The van der Waals surface area contributed by atoms with Gasteiger partial charge in [0.15, 0.2) is 11.5 Å². The number of halogens is 1. The lowest BCUT2D eigenvalue weighted by Gasteiger charge is -2.17. The van der Waals surface area contributed by atoms with Crippen LogP contribution in [0.25, 0.3) is 0 Å². The Labute approximate surface area is 146 Å². The second-order valence-electron chi connectivity index (χ2n) is 5.31. The van der Waals surface area contributed by atoms with Crippen LogP contribution in [0, 0.1) is 0 Å². The van der Waals surface area contributed by atoms with Gasteiger partial charge in [0.1, 0.15) is 12.6 Å². The van der Waals surface area contributed by atoms with Gasteiger partial charge in [0, 0.05) is 17.1 Å². The molecule has 0 aliphatic heterocycles. The van der Waals surface area contributed by atoms with E-state index >= 15 is 0 Å². The first kappa shape index (κ1) is 18.1. The molecule has 2 aromatic carbocycles. The quantitative estimate of drug-likeness (QED) is 0.763. The fourth-order valence-corrected chi connectivity index (χ4v) is 2.37. The molecule has 0 radical (unpaired) electrons. The highest BCUT2D eigenvalue weighted by Crippen LogP contribution is 2.32. The average Bonchev–Trinajstić information content (AvgIpc) is 2.57. The molecule has 24 heavy (non-hydrogen) atoms. The molecule has 0 bridgehead atoms. The molecule has 0 spiro atoms. The first-order chi connectivity index (χ1) is 11.5. The van der Waals surface area contributed by atoms with Crippen LogP contribution >= 0.6 is 11.6 Å². The Morgan fingerprint density at radius 3 is 2.71 bits per heavy atom. The second-order valence-corrected chi connectivity index (χ2v) is 5.74. The van der Waals surface area contributed by atoms with Gasteiger partial charge in [-0.05, 0) is 30.7 Å². The van der Waals surface area contributed by atoms with E-state index in [-0.39, 0.29) is 0 Å². The van der Waals surface area contributed by atoms with Gasteiger partial charge >= 0.3 is 5.97 Å². The van der Waals surface area contributed by atoms with E-state index in [9.17, 15) is 4.79 Å². The number of aliphatic carboxylic acids is 1. The van der Waals surface area contributed by atoms with Crippen LogP contribution in [0.15, 0.2) is 42.5 Å². The summed E-state index contributed by atoms with van der Waals surface area (Å²) in [6.45, 7) is 2.28. The van der Waals surface area contributed by atoms with Crippen LogP contribution in [0.2, 0.25) is 5.02 Å². The van der Waals surface area contributed by atoms with Crippen molar-refractivity contribution in [3.63, 3.8) is 0 Å². The summed E-state index contributed by atoms with van der Waals surface area (Å²) in [6.07, 6.45) is 0. The topological polar surface area (TPSA) is 67.8 Å². The molecule has 2 N–H and O–H groups in total. The second kappa shape index (κ2) is 8.57. The Kier molecular flexibility index (Phi) is 6.46. The molecule has 1 atom stereocenters. The van der Waals surface area contributed by atoms with Crippen molar-refractivity contribution in [3.8, 4) is 11.5 Å². The van der Waals surface area contributed by atoms with Crippen LogP contribution in [0.3, 0.4) is 0 Å². The zero-order valence-corrected chi connectivity index (χ0v) is 14.3. The minimum Gasteiger partial charge on any atom is -0.493 e. The molecule has 0 heterocycles. The van der Waals surface area contributed by atoms with Crippen molar-refractivity contribution in [1.29, 1.82) is 0 Å². The number of carboxylic acid groups (broad SMARTS) is 1. The van der Waals surface area contributed by atoms with E-state index < -0.39 is 12.0 Å². The van der Waals surface area contributed by atoms with E-state index in [0.29, 0.717) is 29.7 Å². The van der Waals surface area contributed by atoms with Crippen LogP contribution in [-0.4, -0.2) is 24.2 Å². The lowest BCUT2D eigenvalue weighted by Crippen LogP contribution is -2.33. The van der Waals surface area contributed by atoms with Crippen molar-refractivity contribution in [2.75, 3.05) is 7.11 Å². The van der Waals surface area contributed by atoms with Crippen LogP contribution < -0.4 is 14.8 Å². The van der Waals surface area contributed by atoms with E-state index in [1.54, 1.807) is 26.2 Å². The molecule has 0 amide bonds. The number of hydrogen-bond acceptors (Lipinski definition) is 4. The number of carbonyl (C=O) groups is 1. The van der Waals surface area contributed by atoms with E-state index in [2.05, 4.69) is 5.32 Å². The van der Waals surface area contributed by atoms with E-state index in [1.165, 1.54) is 0 Å². The normalized spacial score (nSPS) is 11.8. The number of para-hydroxylation sites is 1. The maximum absolute atomic E-state index is 10.9. The number of benzene rings is 2. The summed E-state index contributed by atoms with van der Waals surface area (Å²) in [5.41, 5.74) is 1.76. The minimum atomic E-state index is -0.903. The fourth-order valence-electron chi connectivity index (χ4n) is 2.16. The zero-order chi connectivity index (χ0) is 17.5. The molecule has 5 nitrogen and oxygen atoms in total. The number of nitrogens with one attached hydrogen (secondary N) is 1. The van der Waals surface area contributed by atoms with Crippen LogP contribution in [-0.2, 0) is 17.9 Å². The number of carboxylic acids is 1. The highest BCUT2D eigenvalue weighted by atomic mass is 35.5. The van der Waals surface area contributed by atoms with Gasteiger partial charge < -0.3 is 19.9 Å². The highest BCUT2D eigenvalue weighted by Gasteiger charge is 2.14. The molecule has 1 unspecified atom stereocenters. The SMILES string of the molecule is COc1cccc(CNC(C)C(=O)O)c1OCc1cccc(Cl)c1. The smallest absolute Gasteiger partial charge is 0.320 e. The average molecular weight is 350 g/mol. The molecule has 0 aromatic heterocycles.